The smallest absolute Gasteiger partial charge is 0.254 e. The van der Waals surface area contributed by atoms with E-state index in [0.717, 1.165) is 17.1 Å². The van der Waals surface area contributed by atoms with Crippen LogP contribution in [0.1, 0.15) is 28.8 Å². The molecule has 1 aliphatic carbocycles. The van der Waals surface area contributed by atoms with E-state index in [1.165, 1.54) is 36.4 Å². The lowest BCUT2D eigenvalue weighted by molar-refractivity contribution is -0.122. The van der Waals surface area contributed by atoms with Crippen LogP contribution in [0.2, 0.25) is 5.02 Å². The SMILES string of the molecule is O=C1CN(S(=O)(=O)c2ccc(C(=O)N(Cc3c(F)cccc3Cl)C3CC3)cc2)CCN1. The number of amides is 2. The molecule has 31 heavy (non-hydrogen) atoms. The molecule has 0 atom stereocenters. The third-order valence-corrected chi connectivity index (χ3v) is 7.59. The predicted octanol–water partition coefficient (Wildman–Crippen LogP) is 2.40. The second-order valence-corrected chi connectivity index (χ2v) is 9.92. The van der Waals surface area contributed by atoms with Gasteiger partial charge in [-0.25, -0.2) is 12.8 Å². The quantitative estimate of drug-likeness (QED) is 0.709. The van der Waals surface area contributed by atoms with Gasteiger partial charge in [-0.1, -0.05) is 17.7 Å². The van der Waals surface area contributed by atoms with Crippen LogP contribution in [0.5, 0.6) is 0 Å². The van der Waals surface area contributed by atoms with Gasteiger partial charge >= 0.3 is 0 Å². The van der Waals surface area contributed by atoms with Crippen LogP contribution in [-0.2, 0) is 21.4 Å². The highest BCUT2D eigenvalue weighted by atomic mass is 35.5. The molecule has 1 heterocycles. The number of hydrogen-bond donors (Lipinski definition) is 1. The van der Waals surface area contributed by atoms with Gasteiger partial charge in [-0.3, -0.25) is 9.59 Å². The van der Waals surface area contributed by atoms with E-state index in [4.69, 9.17) is 11.6 Å². The summed E-state index contributed by atoms with van der Waals surface area (Å²) < 4.78 is 40.9. The minimum absolute atomic E-state index is 0.00144. The second kappa shape index (κ2) is 8.57. The Morgan fingerprint density at radius 1 is 1.19 bits per heavy atom. The largest absolute Gasteiger partial charge is 0.354 e. The lowest BCUT2D eigenvalue weighted by Crippen LogP contribution is -2.49. The van der Waals surface area contributed by atoms with E-state index in [0.29, 0.717) is 5.56 Å². The number of nitrogens with one attached hydrogen (secondary N) is 1. The molecule has 164 valence electrons. The fraction of sp³-hybridized carbons (Fsp3) is 0.333. The van der Waals surface area contributed by atoms with Crippen LogP contribution in [0.15, 0.2) is 47.4 Å². The first kappa shape index (κ1) is 21.7. The maximum Gasteiger partial charge on any atom is 0.254 e. The van der Waals surface area contributed by atoms with Crippen LogP contribution in [-0.4, -0.2) is 55.1 Å². The summed E-state index contributed by atoms with van der Waals surface area (Å²) in [5.41, 5.74) is 0.557. The van der Waals surface area contributed by atoms with Crippen molar-refractivity contribution in [1.29, 1.82) is 0 Å². The van der Waals surface area contributed by atoms with Crippen molar-refractivity contribution in [3.63, 3.8) is 0 Å². The van der Waals surface area contributed by atoms with Crippen LogP contribution >= 0.6 is 11.6 Å². The van der Waals surface area contributed by atoms with Crippen LogP contribution in [0.3, 0.4) is 0 Å². The number of piperazine rings is 1. The molecular weight excluding hydrogens is 445 g/mol. The second-order valence-electron chi connectivity index (χ2n) is 7.58. The Morgan fingerprint density at radius 2 is 1.90 bits per heavy atom. The van der Waals surface area contributed by atoms with Crippen molar-refractivity contribution in [2.24, 2.45) is 0 Å². The van der Waals surface area contributed by atoms with Crippen molar-refractivity contribution in [3.05, 3.63) is 64.4 Å². The van der Waals surface area contributed by atoms with Crippen molar-refractivity contribution in [2.45, 2.75) is 30.3 Å². The number of carbonyl (C=O) groups excluding carboxylic acids is 2. The third kappa shape index (κ3) is 4.58. The summed E-state index contributed by atoms with van der Waals surface area (Å²) in [7, 11) is -3.84. The summed E-state index contributed by atoms with van der Waals surface area (Å²) in [6.07, 6.45) is 1.64. The average Bonchev–Trinajstić information content (AvgIpc) is 3.58. The number of halogens is 2. The molecule has 4 rings (SSSR count). The fourth-order valence-corrected chi connectivity index (χ4v) is 5.13. The maximum atomic E-state index is 14.2. The standard InChI is InChI=1S/C21H21ClFN3O4S/c22-18-2-1-3-19(23)17(18)12-26(15-6-7-15)21(28)14-4-8-16(9-5-14)31(29,30)25-11-10-24-20(27)13-25/h1-5,8-9,15H,6-7,10-13H2,(H,24,27). The highest BCUT2D eigenvalue weighted by Gasteiger charge is 2.34. The lowest BCUT2D eigenvalue weighted by Gasteiger charge is -2.26. The Balaban J connectivity index is 1.55. The molecule has 0 unspecified atom stereocenters. The minimum Gasteiger partial charge on any atom is -0.354 e. The molecule has 2 aliphatic rings. The van der Waals surface area contributed by atoms with E-state index in [9.17, 15) is 22.4 Å². The van der Waals surface area contributed by atoms with Gasteiger partial charge in [0.2, 0.25) is 15.9 Å². The van der Waals surface area contributed by atoms with Crippen molar-refractivity contribution >= 4 is 33.4 Å². The molecule has 1 saturated carbocycles. The van der Waals surface area contributed by atoms with E-state index in [2.05, 4.69) is 5.32 Å². The Kier molecular flexibility index (Phi) is 6.00. The summed E-state index contributed by atoms with van der Waals surface area (Å²) in [6, 6.07) is 9.99. The fourth-order valence-electron chi connectivity index (χ4n) is 3.51. The Bertz CT molecular complexity index is 1100. The van der Waals surface area contributed by atoms with Gasteiger partial charge in [-0.2, -0.15) is 4.31 Å². The molecule has 1 N–H and O–H groups in total. The highest BCUT2D eigenvalue weighted by Crippen LogP contribution is 2.32. The monoisotopic (exact) mass is 465 g/mol. The molecule has 10 heteroatoms. The summed E-state index contributed by atoms with van der Waals surface area (Å²) in [4.78, 5) is 26.2. The number of rotatable bonds is 6. The van der Waals surface area contributed by atoms with E-state index < -0.39 is 15.8 Å². The normalized spacial score (nSPS) is 17.3. The zero-order valence-corrected chi connectivity index (χ0v) is 18.1. The van der Waals surface area contributed by atoms with Crippen molar-refractivity contribution < 1.29 is 22.4 Å². The number of benzene rings is 2. The zero-order valence-electron chi connectivity index (χ0n) is 16.6. The molecule has 2 aromatic rings. The number of nitrogens with zero attached hydrogens (tertiary/aromatic N) is 2. The van der Waals surface area contributed by atoms with Gasteiger partial charge in [0.25, 0.3) is 5.91 Å². The molecule has 2 fully saturated rings. The van der Waals surface area contributed by atoms with Gasteiger partial charge in [0, 0.05) is 35.3 Å². The Hall–Kier alpha value is -2.49. The van der Waals surface area contributed by atoms with Gasteiger partial charge in [-0.05, 0) is 49.2 Å². The van der Waals surface area contributed by atoms with Crippen molar-refractivity contribution in [3.8, 4) is 0 Å². The van der Waals surface area contributed by atoms with Gasteiger partial charge in [0.05, 0.1) is 18.0 Å². The van der Waals surface area contributed by atoms with Crippen molar-refractivity contribution in [2.75, 3.05) is 19.6 Å². The first-order valence-corrected chi connectivity index (χ1v) is 11.7. The Morgan fingerprint density at radius 3 is 2.52 bits per heavy atom. The summed E-state index contributed by atoms with van der Waals surface area (Å²) >= 11 is 6.13. The number of carbonyl (C=O) groups is 2. The number of sulfonamides is 1. The van der Waals surface area contributed by atoms with Gasteiger partial charge in [-0.15, -0.1) is 0 Å². The molecule has 1 aliphatic heterocycles. The molecular formula is C21H21ClFN3O4S. The van der Waals surface area contributed by atoms with Gasteiger partial charge in [0.1, 0.15) is 5.82 Å². The molecule has 1 saturated heterocycles. The van der Waals surface area contributed by atoms with E-state index >= 15 is 0 Å². The molecule has 0 radical (unpaired) electrons. The molecule has 7 nitrogen and oxygen atoms in total. The molecule has 0 spiro atoms. The molecule has 0 bridgehead atoms. The van der Waals surface area contributed by atoms with Crippen LogP contribution in [0, 0.1) is 5.82 Å². The average molecular weight is 466 g/mol. The third-order valence-electron chi connectivity index (χ3n) is 5.38. The molecule has 0 aromatic heterocycles. The topological polar surface area (TPSA) is 86.8 Å². The molecule has 2 amide bonds. The van der Waals surface area contributed by atoms with Gasteiger partial charge < -0.3 is 10.2 Å². The summed E-state index contributed by atoms with van der Waals surface area (Å²) in [5, 5.41) is 2.84. The highest BCUT2D eigenvalue weighted by molar-refractivity contribution is 7.89. The van der Waals surface area contributed by atoms with E-state index in [-0.39, 0.29) is 59.5 Å². The zero-order chi connectivity index (χ0) is 22.2. The van der Waals surface area contributed by atoms with Crippen LogP contribution < -0.4 is 5.32 Å². The van der Waals surface area contributed by atoms with Crippen molar-refractivity contribution in [1.82, 2.24) is 14.5 Å². The van der Waals surface area contributed by atoms with Crippen LogP contribution in [0.4, 0.5) is 4.39 Å². The summed E-state index contributed by atoms with van der Waals surface area (Å²) in [5.74, 6) is -1.14. The first-order chi connectivity index (χ1) is 14.8. The predicted molar refractivity (Wildman–Crippen MR) is 113 cm³/mol. The van der Waals surface area contributed by atoms with E-state index in [1.807, 2.05) is 0 Å². The molecule has 2 aromatic carbocycles. The first-order valence-electron chi connectivity index (χ1n) is 9.88. The summed E-state index contributed by atoms with van der Waals surface area (Å²) in [6.45, 7) is 0.247. The van der Waals surface area contributed by atoms with E-state index in [1.54, 1.807) is 11.0 Å². The maximum absolute atomic E-state index is 14.2. The lowest BCUT2D eigenvalue weighted by atomic mass is 10.1. The number of hydrogen-bond acceptors (Lipinski definition) is 4. The van der Waals surface area contributed by atoms with Crippen LogP contribution in [0.25, 0.3) is 0 Å². The Labute approximate surface area is 184 Å². The van der Waals surface area contributed by atoms with Gasteiger partial charge in [0.15, 0.2) is 0 Å². The minimum atomic E-state index is -3.84.